The number of rotatable bonds is 2. The Morgan fingerprint density at radius 2 is 2.00 bits per heavy atom. The number of nitrogens with zero attached hydrogens (tertiary/aromatic N) is 1. The molecule has 3 aliphatic carbocycles. The van der Waals surface area contributed by atoms with Crippen molar-refractivity contribution < 1.29 is 0 Å². The molecule has 0 aliphatic heterocycles. The van der Waals surface area contributed by atoms with Gasteiger partial charge in [0.2, 0.25) is 0 Å². The van der Waals surface area contributed by atoms with Crippen molar-refractivity contribution in [2.24, 2.45) is 22.4 Å². The van der Waals surface area contributed by atoms with Crippen molar-refractivity contribution in [2.75, 3.05) is 0 Å². The lowest BCUT2D eigenvalue weighted by Gasteiger charge is -2.49. The van der Waals surface area contributed by atoms with Crippen LogP contribution in [0.25, 0.3) is 0 Å². The number of nitroso groups, excluding NO2 is 1. The first-order valence-electron chi connectivity index (χ1n) is 10.3. The molecule has 4 rings (SSSR count). The SMILES string of the molecule is CC.CC/C=C1\CCC2C3CCc4cc(N=O)ccc4C3CCC12C. The molecule has 0 aromatic heterocycles. The number of allylic oxidation sites excluding steroid dienone is 2. The molecule has 2 nitrogen and oxygen atoms in total. The Morgan fingerprint density at radius 3 is 2.72 bits per heavy atom. The Labute approximate surface area is 153 Å². The van der Waals surface area contributed by atoms with Crippen LogP contribution in [-0.4, -0.2) is 0 Å². The Bertz CT molecular complexity index is 662. The first kappa shape index (κ1) is 18.4. The van der Waals surface area contributed by atoms with Gasteiger partial charge in [-0.05, 0) is 96.6 Å². The molecule has 0 spiro atoms. The minimum atomic E-state index is 0.457. The maximum atomic E-state index is 10.8. The second-order valence-corrected chi connectivity index (χ2v) is 8.02. The van der Waals surface area contributed by atoms with E-state index in [1.165, 1.54) is 49.7 Å². The predicted octanol–water partition coefficient (Wildman–Crippen LogP) is 7.30. The van der Waals surface area contributed by atoms with Crippen molar-refractivity contribution in [1.82, 2.24) is 0 Å². The van der Waals surface area contributed by atoms with Crippen LogP contribution < -0.4 is 0 Å². The van der Waals surface area contributed by atoms with E-state index in [4.69, 9.17) is 0 Å². The van der Waals surface area contributed by atoms with Crippen LogP contribution in [-0.2, 0) is 6.42 Å². The maximum Gasteiger partial charge on any atom is 0.108 e. The van der Waals surface area contributed by atoms with Gasteiger partial charge in [0.05, 0.1) is 0 Å². The molecule has 0 amide bonds. The van der Waals surface area contributed by atoms with Gasteiger partial charge in [-0.2, -0.15) is 0 Å². The molecular formula is C23H33NO. The molecular weight excluding hydrogens is 306 g/mol. The smallest absolute Gasteiger partial charge is 0.108 e. The van der Waals surface area contributed by atoms with Gasteiger partial charge in [-0.15, -0.1) is 4.91 Å². The summed E-state index contributed by atoms with van der Waals surface area (Å²) in [5, 5.41) is 3.12. The highest BCUT2D eigenvalue weighted by Gasteiger charge is 2.52. The molecule has 3 aliphatic rings. The fourth-order valence-electron chi connectivity index (χ4n) is 6.06. The summed E-state index contributed by atoms with van der Waals surface area (Å²) in [7, 11) is 0. The summed E-state index contributed by atoms with van der Waals surface area (Å²) < 4.78 is 0. The lowest BCUT2D eigenvalue weighted by atomic mass is 9.55. The van der Waals surface area contributed by atoms with E-state index in [-0.39, 0.29) is 0 Å². The van der Waals surface area contributed by atoms with Gasteiger partial charge in [0.1, 0.15) is 5.69 Å². The van der Waals surface area contributed by atoms with Crippen LogP contribution >= 0.6 is 0 Å². The molecule has 4 unspecified atom stereocenters. The van der Waals surface area contributed by atoms with Crippen LogP contribution in [0.1, 0.15) is 83.3 Å². The normalized spacial score (nSPS) is 34.4. The van der Waals surface area contributed by atoms with Crippen LogP contribution in [0.4, 0.5) is 5.69 Å². The summed E-state index contributed by atoms with van der Waals surface area (Å²) >= 11 is 0. The first-order valence-corrected chi connectivity index (χ1v) is 10.3. The van der Waals surface area contributed by atoms with Gasteiger partial charge < -0.3 is 0 Å². The fraction of sp³-hybridized carbons (Fsp3) is 0.652. The summed E-state index contributed by atoms with van der Waals surface area (Å²) in [4.78, 5) is 10.8. The lowest BCUT2D eigenvalue weighted by molar-refractivity contribution is 0.0813. The third kappa shape index (κ3) is 2.98. The Hall–Kier alpha value is -1.44. The van der Waals surface area contributed by atoms with E-state index in [1.54, 1.807) is 5.57 Å². The number of aryl methyl sites for hydroxylation is 1. The van der Waals surface area contributed by atoms with E-state index in [9.17, 15) is 4.91 Å². The zero-order valence-corrected chi connectivity index (χ0v) is 16.3. The molecule has 0 radical (unpaired) electrons. The summed E-state index contributed by atoms with van der Waals surface area (Å²) in [6.07, 6.45) is 11.4. The second kappa shape index (κ2) is 7.43. The molecule has 1 aromatic carbocycles. The number of fused-ring (bicyclic) bond motifs is 5. The van der Waals surface area contributed by atoms with Crippen LogP contribution in [0.5, 0.6) is 0 Å². The van der Waals surface area contributed by atoms with Crippen molar-refractivity contribution in [3.05, 3.63) is 45.9 Å². The van der Waals surface area contributed by atoms with E-state index in [0.717, 1.165) is 18.3 Å². The molecule has 2 heteroatoms. The minimum Gasteiger partial charge on any atom is -0.145 e. The molecule has 0 bridgehead atoms. The second-order valence-electron chi connectivity index (χ2n) is 8.02. The molecule has 1 aromatic rings. The quantitative estimate of drug-likeness (QED) is 0.410. The summed E-state index contributed by atoms with van der Waals surface area (Å²) in [6, 6.07) is 6.14. The van der Waals surface area contributed by atoms with Crippen LogP contribution in [0, 0.1) is 22.2 Å². The molecule has 0 N–H and O–H groups in total. The van der Waals surface area contributed by atoms with Gasteiger partial charge in [0, 0.05) is 0 Å². The number of hydrogen-bond donors (Lipinski definition) is 0. The van der Waals surface area contributed by atoms with Crippen molar-refractivity contribution in [1.29, 1.82) is 0 Å². The van der Waals surface area contributed by atoms with E-state index in [0.29, 0.717) is 17.0 Å². The standard InChI is InChI=1S/C21H27NO.C2H6/c1-3-4-15-6-10-20-19-8-5-14-13-16(22-23)7-9-17(14)18(19)11-12-21(15,20)2;1-2/h4,7,9,13,18-20H,3,5-6,8,10-12H2,1-2H3;1-2H3/b15-4+;. The summed E-state index contributed by atoms with van der Waals surface area (Å²) in [6.45, 7) is 8.81. The molecule has 25 heavy (non-hydrogen) atoms. The lowest BCUT2D eigenvalue weighted by Crippen LogP contribution is -2.40. The molecule has 0 saturated heterocycles. The monoisotopic (exact) mass is 339 g/mol. The van der Waals surface area contributed by atoms with Gasteiger partial charge >= 0.3 is 0 Å². The van der Waals surface area contributed by atoms with Gasteiger partial charge in [0.25, 0.3) is 0 Å². The van der Waals surface area contributed by atoms with Gasteiger partial charge in [-0.25, -0.2) is 0 Å². The number of benzene rings is 1. The minimum absolute atomic E-state index is 0.457. The Morgan fingerprint density at radius 1 is 1.20 bits per heavy atom. The van der Waals surface area contributed by atoms with Crippen molar-refractivity contribution in [3.63, 3.8) is 0 Å². The van der Waals surface area contributed by atoms with E-state index in [2.05, 4.69) is 31.2 Å². The summed E-state index contributed by atoms with van der Waals surface area (Å²) in [5.41, 5.74) is 5.70. The van der Waals surface area contributed by atoms with Crippen LogP contribution in [0.2, 0.25) is 0 Å². The highest BCUT2D eigenvalue weighted by atomic mass is 16.3. The maximum absolute atomic E-state index is 10.8. The molecule has 2 saturated carbocycles. The highest BCUT2D eigenvalue weighted by Crippen LogP contribution is 2.62. The van der Waals surface area contributed by atoms with Crippen molar-refractivity contribution >= 4 is 5.69 Å². The van der Waals surface area contributed by atoms with E-state index < -0.39 is 0 Å². The third-order valence-electron chi connectivity index (χ3n) is 7.11. The Balaban J connectivity index is 0.000000880. The van der Waals surface area contributed by atoms with Crippen molar-refractivity contribution in [3.8, 4) is 0 Å². The summed E-state index contributed by atoms with van der Waals surface area (Å²) in [5.74, 6) is 2.40. The van der Waals surface area contributed by atoms with Gasteiger partial charge in [0.15, 0.2) is 0 Å². The molecule has 2 fully saturated rings. The van der Waals surface area contributed by atoms with E-state index >= 15 is 0 Å². The fourth-order valence-corrected chi connectivity index (χ4v) is 6.06. The third-order valence-corrected chi connectivity index (χ3v) is 7.11. The topological polar surface area (TPSA) is 29.4 Å². The zero-order chi connectivity index (χ0) is 18.0. The average Bonchev–Trinajstić information content (AvgIpc) is 2.99. The molecule has 4 atom stereocenters. The van der Waals surface area contributed by atoms with Crippen molar-refractivity contribution in [2.45, 2.75) is 78.6 Å². The van der Waals surface area contributed by atoms with Gasteiger partial charge in [-0.3, -0.25) is 0 Å². The van der Waals surface area contributed by atoms with Crippen LogP contribution in [0.3, 0.4) is 0 Å². The predicted molar refractivity (Wildman–Crippen MR) is 106 cm³/mol. The number of hydrogen-bond acceptors (Lipinski definition) is 2. The zero-order valence-electron chi connectivity index (χ0n) is 16.3. The van der Waals surface area contributed by atoms with Crippen LogP contribution in [0.15, 0.2) is 35.0 Å². The van der Waals surface area contributed by atoms with Gasteiger partial charge in [-0.1, -0.05) is 45.4 Å². The Kier molecular flexibility index (Phi) is 5.46. The largest absolute Gasteiger partial charge is 0.145 e. The highest BCUT2D eigenvalue weighted by molar-refractivity contribution is 5.47. The molecule has 0 heterocycles. The molecule has 136 valence electrons. The van der Waals surface area contributed by atoms with E-state index in [1.807, 2.05) is 26.0 Å². The first-order chi connectivity index (χ1) is 12.2. The average molecular weight is 340 g/mol.